The van der Waals surface area contributed by atoms with E-state index in [-0.39, 0.29) is 5.91 Å². The molecule has 4 aromatic rings. The van der Waals surface area contributed by atoms with Gasteiger partial charge >= 0.3 is 5.97 Å². The van der Waals surface area contributed by atoms with Gasteiger partial charge in [0.1, 0.15) is 10.8 Å². The maximum Gasteiger partial charge on any atom is 0.338 e. The van der Waals surface area contributed by atoms with Crippen LogP contribution in [0.5, 0.6) is 0 Å². The minimum absolute atomic E-state index is 0.190. The van der Waals surface area contributed by atoms with Crippen molar-refractivity contribution in [2.45, 2.75) is 26.9 Å². The lowest BCUT2D eigenvalue weighted by Crippen LogP contribution is -2.08. The van der Waals surface area contributed by atoms with Gasteiger partial charge in [-0.3, -0.25) is 4.79 Å². The van der Waals surface area contributed by atoms with E-state index in [1.54, 1.807) is 30.5 Å². The molecule has 0 bridgehead atoms. The number of anilines is 1. The summed E-state index contributed by atoms with van der Waals surface area (Å²) < 4.78 is 5.70. The monoisotopic (exact) mass is 457 g/mol. The average Bonchev–Trinajstić information content (AvgIpc) is 3.25. The maximum absolute atomic E-state index is 12.6. The smallest absolute Gasteiger partial charge is 0.338 e. The van der Waals surface area contributed by atoms with Crippen molar-refractivity contribution >= 4 is 29.0 Å². The maximum atomic E-state index is 12.6. The number of hydrogen-bond donors (Lipinski definition) is 1. The van der Waals surface area contributed by atoms with Crippen LogP contribution in [0.1, 0.15) is 40.9 Å². The minimum atomic E-state index is -0.531. The second-order valence-electron chi connectivity index (χ2n) is 7.62. The molecule has 6 nitrogen and oxygen atoms in total. The van der Waals surface area contributed by atoms with Crippen LogP contribution in [0.25, 0.3) is 21.7 Å². The average molecular weight is 458 g/mol. The van der Waals surface area contributed by atoms with Crippen molar-refractivity contribution in [2.24, 2.45) is 0 Å². The molecule has 1 N–H and O–H groups in total. The molecule has 0 aliphatic heterocycles. The van der Waals surface area contributed by atoms with Crippen LogP contribution < -0.4 is 5.32 Å². The van der Waals surface area contributed by atoms with Gasteiger partial charge in [0.05, 0.1) is 16.1 Å². The summed E-state index contributed by atoms with van der Waals surface area (Å²) in [7, 11) is 0. The van der Waals surface area contributed by atoms with Crippen LogP contribution in [0.2, 0.25) is 0 Å². The predicted molar refractivity (Wildman–Crippen MR) is 130 cm³/mol. The number of carbonyl (C=O) groups is 2. The Morgan fingerprint density at radius 1 is 1.00 bits per heavy atom. The first-order chi connectivity index (χ1) is 15.9. The number of rotatable bonds is 6. The number of ether oxygens (including phenoxy) is 1. The van der Waals surface area contributed by atoms with E-state index in [0.29, 0.717) is 16.4 Å². The van der Waals surface area contributed by atoms with Crippen molar-refractivity contribution in [3.05, 3.63) is 89.1 Å². The number of benzene rings is 2. The van der Waals surface area contributed by atoms with Gasteiger partial charge in [-0.2, -0.15) is 0 Å². The Balaban J connectivity index is 1.73. The summed E-state index contributed by atoms with van der Waals surface area (Å²) in [6.07, 6.45) is 1.12. The summed E-state index contributed by atoms with van der Waals surface area (Å²) >= 11 is 1.46. The molecule has 0 radical (unpaired) electrons. The third-order valence-corrected chi connectivity index (χ3v) is 6.17. The highest BCUT2D eigenvalue weighted by atomic mass is 32.1. The molecule has 1 atom stereocenters. The van der Waals surface area contributed by atoms with Crippen molar-refractivity contribution in [3.63, 3.8) is 0 Å². The number of nitrogens with zero attached hydrogens (tertiary/aromatic N) is 2. The van der Waals surface area contributed by atoms with Gasteiger partial charge in [-0.05, 0) is 49.7 Å². The molecular weight excluding hydrogens is 434 g/mol. The second kappa shape index (κ2) is 9.75. The number of amides is 1. The lowest BCUT2D eigenvalue weighted by atomic mass is 10.1. The number of hydrogen-bond acceptors (Lipinski definition) is 6. The number of nitrogens with one attached hydrogen (secondary N) is 1. The van der Waals surface area contributed by atoms with Crippen LogP contribution in [0.15, 0.2) is 72.9 Å². The highest BCUT2D eigenvalue weighted by molar-refractivity contribution is 7.15. The number of carbonyl (C=O) groups excluding carboxylic acids is 2. The summed E-state index contributed by atoms with van der Waals surface area (Å²) in [6.45, 7) is 5.29. The standard InChI is InChI=1S/C26H23N3O3S/c1-16-8-7-11-20(14-16)23-24(21-12-13-27-22(15-21)28-18(3)30)33-25(29-23)17(2)32-26(31)19-9-5-4-6-10-19/h4-15,17H,1-3H3,(H,27,28,30). The lowest BCUT2D eigenvalue weighted by Gasteiger charge is -2.10. The third kappa shape index (κ3) is 5.32. The zero-order chi connectivity index (χ0) is 23.4. The fourth-order valence-corrected chi connectivity index (χ4v) is 4.43. The highest BCUT2D eigenvalue weighted by Crippen LogP contribution is 2.40. The summed E-state index contributed by atoms with van der Waals surface area (Å²) in [5.41, 5.74) is 4.24. The van der Waals surface area contributed by atoms with Crippen molar-refractivity contribution in [3.8, 4) is 21.7 Å². The largest absolute Gasteiger partial charge is 0.452 e. The van der Waals surface area contributed by atoms with Crippen molar-refractivity contribution in [1.82, 2.24) is 9.97 Å². The van der Waals surface area contributed by atoms with Crippen LogP contribution >= 0.6 is 11.3 Å². The molecule has 0 aliphatic rings. The van der Waals surface area contributed by atoms with E-state index in [0.717, 1.165) is 27.3 Å². The number of aryl methyl sites for hydroxylation is 1. The molecule has 0 spiro atoms. The molecule has 1 amide bonds. The molecule has 2 heterocycles. The first-order valence-corrected chi connectivity index (χ1v) is 11.3. The summed E-state index contributed by atoms with van der Waals surface area (Å²) in [5, 5.41) is 3.41. The van der Waals surface area contributed by atoms with Crippen LogP contribution in [0.3, 0.4) is 0 Å². The fraction of sp³-hybridized carbons (Fsp3) is 0.154. The Morgan fingerprint density at radius 3 is 2.52 bits per heavy atom. The fourth-order valence-electron chi connectivity index (χ4n) is 3.37. The molecular formula is C26H23N3O3S. The van der Waals surface area contributed by atoms with Crippen LogP contribution in [-0.4, -0.2) is 21.8 Å². The number of esters is 1. The van der Waals surface area contributed by atoms with Crippen molar-refractivity contribution in [1.29, 1.82) is 0 Å². The minimum Gasteiger partial charge on any atom is -0.452 e. The van der Waals surface area contributed by atoms with Gasteiger partial charge in [0.25, 0.3) is 0 Å². The molecule has 166 valence electrons. The number of aromatic nitrogens is 2. The summed E-state index contributed by atoms with van der Waals surface area (Å²) in [4.78, 5) is 34.0. The van der Waals surface area contributed by atoms with Gasteiger partial charge in [0.2, 0.25) is 5.91 Å². The van der Waals surface area contributed by atoms with Gasteiger partial charge in [-0.1, -0.05) is 42.0 Å². The first kappa shape index (κ1) is 22.4. The van der Waals surface area contributed by atoms with Gasteiger partial charge < -0.3 is 10.1 Å². The van der Waals surface area contributed by atoms with Gasteiger partial charge in [-0.25, -0.2) is 14.8 Å². The van der Waals surface area contributed by atoms with E-state index >= 15 is 0 Å². The number of pyridine rings is 1. The molecule has 0 aliphatic carbocycles. The van der Waals surface area contributed by atoms with E-state index in [2.05, 4.69) is 16.4 Å². The second-order valence-corrected chi connectivity index (χ2v) is 8.65. The first-order valence-electron chi connectivity index (χ1n) is 10.5. The molecule has 7 heteroatoms. The Kier molecular flexibility index (Phi) is 6.60. The van der Waals surface area contributed by atoms with E-state index < -0.39 is 12.1 Å². The normalized spacial score (nSPS) is 11.6. The molecule has 2 aromatic carbocycles. The third-order valence-electron chi connectivity index (χ3n) is 4.90. The zero-order valence-corrected chi connectivity index (χ0v) is 19.3. The molecule has 4 rings (SSSR count). The van der Waals surface area contributed by atoms with E-state index in [4.69, 9.17) is 9.72 Å². The van der Waals surface area contributed by atoms with E-state index in [9.17, 15) is 9.59 Å². The summed E-state index contributed by atoms with van der Waals surface area (Å²) in [6, 6.07) is 20.7. The van der Waals surface area contributed by atoms with Crippen LogP contribution in [-0.2, 0) is 9.53 Å². The molecule has 0 saturated carbocycles. The zero-order valence-electron chi connectivity index (χ0n) is 18.5. The molecule has 2 aromatic heterocycles. The van der Waals surface area contributed by atoms with Gasteiger partial charge in [0.15, 0.2) is 6.10 Å². The highest BCUT2D eigenvalue weighted by Gasteiger charge is 2.22. The van der Waals surface area contributed by atoms with Gasteiger partial charge in [-0.15, -0.1) is 11.3 Å². The predicted octanol–water partition coefficient (Wildman–Crippen LogP) is 6.06. The molecule has 33 heavy (non-hydrogen) atoms. The Morgan fingerprint density at radius 2 is 1.79 bits per heavy atom. The summed E-state index contributed by atoms with van der Waals surface area (Å²) in [5.74, 6) is -0.118. The lowest BCUT2D eigenvalue weighted by molar-refractivity contribution is -0.114. The van der Waals surface area contributed by atoms with E-state index in [1.165, 1.54) is 18.3 Å². The SMILES string of the molecule is CC(=O)Nc1cc(-c2sc(C(C)OC(=O)c3ccccc3)nc2-c2cccc(C)c2)ccn1. The van der Waals surface area contributed by atoms with E-state index in [1.807, 2.05) is 50.2 Å². The topological polar surface area (TPSA) is 81.2 Å². The van der Waals surface area contributed by atoms with Crippen LogP contribution in [0.4, 0.5) is 5.82 Å². The molecule has 0 saturated heterocycles. The van der Waals surface area contributed by atoms with Crippen molar-refractivity contribution < 1.29 is 14.3 Å². The van der Waals surface area contributed by atoms with Crippen LogP contribution in [0, 0.1) is 6.92 Å². The Hall–Kier alpha value is -3.84. The Labute approximate surface area is 196 Å². The molecule has 0 fully saturated rings. The quantitative estimate of drug-likeness (QED) is 0.356. The number of thiazole rings is 1. The van der Waals surface area contributed by atoms with Gasteiger partial charge in [0, 0.05) is 18.7 Å². The molecule has 1 unspecified atom stereocenters. The Bertz CT molecular complexity index is 1300. The van der Waals surface area contributed by atoms with Crippen molar-refractivity contribution in [2.75, 3.05) is 5.32 Å².